The molecular weight excluding hydrogens is 356 g/mol. The fraction of sp³-hybridized carbons (Fsp3) is 0.591. The topological polar surface area (TPSA) is 60.0 Å². The number of nitrogens with one attached hydrogen (secondary N) is 1. The van der Waals surface area contributed by atoms with E-state index < -0.39 is 11.8 Å². The van der Waals surface area contributed by atoms with Gasteiger partial charge in [-0.1, -0.05) is 45.0 Å². The third-order valence-electron chi connectivity index (χ3n) is 5.00. The van der Waals surface area contributed by atoms with Gasteiger partial charge in [0, 0.05) is 13.1 Å². The zero-order valence-electron chi connectivity index (χ0n) is 17.8. The van der Waals surface area contributed by atoms with Crippen molar-refractivity contribution in [1.82, 2.24) is 10.5 Å². The van der Waals surface area contributed by atoms with Crippen LogP contribution in [0.2, 0.25) is 0 Å². The van der Waals surface area contributed by atoms with Crippen LogP contribution in [0.25, 0.3) is 5.70 Å². The maximum absolute atomic E-state index is 11.8. The molecule has 1 fully saturated rings. The average Bonchev–Trinajstić information content (AvgIpc) is 2.99. The molecule has 3 rings (SSSR count). The fourth-order valence-electron chi connectivity index (χ4n) is 3.35. The zero-order chi connectivity index (χ0) is 20.6. The molecular formula is C22H32N2O4. The van der Waals surface area contributed by atoms with Gasteiger partial charge in [0.15, 0.2) is 0 Å². The molecule has 6 heteroatoms. The molecule has 0 radical (unpaired) electrons. The quantitative estimate of drug-likeness (QED) is 0.750. The van der Waals surface area contributed by atoms with Crippen molar-refractivity contribution < 1.29 is 19.2 Å². The molecule has 2 aliphatic rings. The number of hydroxylamine groups is 3. The highest BCUT2D eigenvalue weighted by Crippen LogP contribution is 2.35. The molecule has 0 amide bonds. The predicted molar refractivity (Wildman–Crippen MR) is 108 cm³/mol. The number of benzene rings is 1. The van der Waals surface area contributed by atoms with Crippen LogP contribution < -0.4 is 5.48 Å². The van der Waals surface area contributed by atoms with Crippen LogP contribution in [0.5, 0.6) is 0 Å². The van der Waals surface area contributed by atoms with Crippen molar-refractivity contribution in [2.45, 2.75) is 71.0 Å². The van der Waals surface area contributed by atoms with Gasteiger partial charge in [-0.25, -0.2) is 4.79 Å². The molecule has 0 unspecified atom stereocenters. The summed E-state index contributed by atoms with van der Waals surface area (Å²) in [4.78, 5) is 23.1. The zero-order valence-corrected chi connectivity index (χ0v) is 17.8. The first-order valence-corrected chi connectivity index (χ1v) is 9.90. The first kappa shape index (κ1) is 20.7. The third kappa shape index (κ3) is 5.06. The lowest BCUT2D eigenvalue weighted by Gasteiger charge is -2.35. The largest absolute Gasteiger partial charge is 0.528 e. The van der Waals surface area contributed by atoms with E-state index in [4.69, 9.17) is 14.4 Å². The number of carbonyl (C=O) groups is 1. The number of hydrogen-bond acceptors (Lipinski definition) is 6. The van der Waals surface area contributed by atoms with Crippen molar-refractivity contribution >= 4 is 11.9 Å². The van der Waals surface area contributed by atoms with E-state index in [0.717, 1.165) is 24.1 Å². The van der Waals surface area contributed by atoms with E-state index in [9.17, 15) is 4.79 Å². The average molecular weight is 389 g/mol. The molecule has 1 saturated heterocycles. The fourth-order valence-corrected chi connectivity index (χ4v) is 3.35. The Morgan fingerprint density at radius 1 is 1.07 bits per heavy atom. The molecule has 28 heavy (non-hydrogen) atoms. The van der Waals surface area contributed by atoms with Crippen LogP contribution in [-0.2, 0) is 19.8 Å². The molecule has 6 nitrogen and oxygen atoms in total. The molecule has 0 bridgehead atoms. The van der Waals surface area contributed by atoms with Crippen molar-refractivity contribution in [3.8, 4) is 0 Å². The molecule has 1 aromatic carbocycles. The summed E-state index contributed by atoms with van der Waals surface area (Å²) < 4.78 is 5.21. The summed E-state index contributed by atoms with van der Waals surface area (Å²) in [5.74, 6) is 0. The van der Waals surface area contributed by atoms with Gasteiger partial charge in [0.05, 0.1) is 5.70 Å². The Hall–Kier alpha value is -2.05. The molecule has 1 spiro atoms. The van der Waals surface area contributed by atoms with Gasteiger partial charge in [0.2, 0.25) is 0 Å². The van der Waals surface area contributed by atoms with E-state index in [2.05, 4.69) is 56.6 Å². The molecule has 0 atom stereocenters. The summed E-state index contributed by atoms with van der Waals surface area (Å²) >= 11 is 0. The van der Waals surface area contributed by atoms with Crippen LogP contribution in [0, 0.1) is 0 Å². The second-order valence-electron chi connectivity index (χ2n) is 9.64. The number of carbonyl (C=O) groups excluding carboxylic acids is 1. The SMILES string of the molecule is CC(C)(C)OC(=O)ON1CCC2(C=C(c3ccc(C(C)(C)C)cc3)NO2)CC1. The van der Waals surface area contributed by atoms with E-state index >= 15 is 0 Å². The van der Waals surface area contributed by atoms with Crippen molar-refractivity contribution in [2.75, 3.05) is 13.1 Å². The minimum absolute atomic E-state index is 0.134. The number of piperidine rings is 1. The van der Waals surface area contributed by atoms with Crippen molar-refractivity contribution in [3.63, 3.8) is 0 Å². The summed E-state index contributed by atoms with van der Waals surface area (Å²) in [5, 5.41) is 1.65. The van der Waals surface area contributed by atoms with Gasteiger partial charge < -0.3 is 9.57 Å². The van der Waals surface area contributed by atoms with Crippen molar-refractivity contribution in [2.24, 2.45) is 0 Å². The van der Waals surface area contributed by atoms with Gasteiger partial charge in [-0.2, -0.15) is 0 Å². The first-order valence-electron chi connectivity index (χ1n) is 9.90. The van der Waals surface area contributed by atoms with E-state index in [1.54, 1.807) is 5.06 Å². The Morgan fingerprint density at radius 2 is 1.68 bits per heavy atom. The Labute approximate surface area is 167 Å². The smallest absolute Gasteiger partial charge is 0.427 e. The molecule has 0 saturated carbocycles. The Morgan fingerprint density at radius 3 is 2.21 bits per heavy atom. The summed E-state index contributed by atoms with van der Waals surface area (Å²) in [6.07, 6.45) is 2.95. The van der Waals surface area contributed by atoms with Gasteiger partial charge >= 0.3 is 6.16 Å². The highest BCUT2D eigenvalue weighted by Gasteiger charge is 2.40. The number of rotatable bonds is 2. The molecule has 2 heterocycles. The number of hydrogen-bond donors (Lipinski definition) is 1. The van der Waals surface area contributed by atoms with E-state index in [-0.39, 0.29) is 11.0 Å². The highest BCUT2D eigenvalue weighted by molar-refractivity contribution is 5.66. The molecule has 1 N–H and O–H groups in total. The van der Waals surface area contributed by atoms with Crippen molar-refractivity contribution in [1.29, 1.82) is 0 Å². The van der Waals surface area contributed by atoms with Gasteiger partial charge in [-0.05, 0) is 56.2 Å². The number of ether oxygens (including phenoxy) is 1. The molecule has 0 aliphatic carbocycles. The third-order valence-corrected chi connectivity index (χ3v) is 5.00. The van der Waals surface area contributed by atoms with Crippen LogP contribution in [0.1, 0.15) is 65.5 Å². The van der Waals surface area contributed by atoms with Crippen LogP contribution in [0.3, 0.4) is 0 Å². The Balaban J connectivity index is 1.59. The van der Waals surface area contributed by atoms with Gasteiger partial charge in [-0.3, -0.25) is 10.3 Å². The lowest BCUT2D eigenvalue weighted by Crippen LogP contribution is -2.45. The minimum atomic E-state index is -0.663. The Bertz CT molecular complexity index is 733. The van der Waals surface area contributed by atoms with Gasteiger partial charge in [0.1, 0.15) is 11.2 Å². The summed E-state index contributed by atoms with van der Waals surface area (Å²) in [6.45, 7) is 13.3. The molecule has 1 aromatic rings. The van der Waals surface area contributed by atoms with Crippen LogP contribution >= 0.6 is 0 Å². The molecule has 154 valence electrons. The maximum Gasteiger partial charge on any atom is 0.528 e. The van der Waals surface area contributed by atoms with Gasteiger partial charge in [0.25, 0.3) is 0 Å². The lowest BCUT2D eigenvalue weighted by molar-refractivity contribution is -0.179. The predicted octanol–water partition coefficient (Wildman–Crippen LogP) is 4.56. The van der Waals surface area contributed by atoms with Gasteiger partial charge in [-0.15, -0.1) is 5.06 Å². The standard InChI is InChI=1S/C22H32N2O4/c1-20(2,3)17-9-7-16(8-10-17)18-15-22(28-23-18)11-13-24(14-12-22)27-19(25)26-21(4,5)6/h7-10,15,23H,11-14H2,1-6H3. The van der Waals surface area contributed by atoms with Crippen LogP contribution in [0.15, 0.2) is 30.3 Å². The molecule has 2 aliphatic heterocycles. The van der Waals surface area contributed by atoms with Crippen LogP contribution in [0.4, 0.5) is 4.79 Å². The van der Waals surface area contributed by atoms with E-state index in [1.807, 2.05) is 20.8 Å². The second-order valence-corrected chi connectivity index (χ2v) is 9.64. The van der Waals surface area contributed by atoms with Crippen LogP contribution in [-0.4, -0.2) is 35.5 Å². The normalized spacial score (nSPS) is 19.9. The summed E-state index contributed by atoms with van der Waals surface area (Å²) in [5.41, 5.74) is 5.69. The molecule has 0 aromatic heterocycles. The summed E-state index contributed by atoms with van der Waals surface area (Å²) in [6, 6.07) is 8.59. The second kappa shape index (κ2) is 7.41. The minimum Gasteiger partial charge on any atom is -0.427 e. The monoisotopic (exact) mass is 388 g/mol. The maximum atomic E-state index is 11.8. The van der Waals surface area contributed by atoms with Crippen molar-refractivity contribution in [3.05, 3.63) is 41.5 Å². The lowest BCUT2D eigenvalue weighted by atomic mass is 9.86. The number of nitrogens with zero attached hydrogens (tertiary/aromatic N) is 1. The highest BCUT2D eigenvalue weighted by atomic mass is 16.8. The van der Waals surface area contributed by atoms with E-state index in [1.165, 1.54) is 5.56 Å². The van der Waals surface area contributed by atoms with E-state index in [0.29, 0.717) is 13.1 Å². The summed E-state index contributed by atoms with van der Waals surface area (Å²) in [7, 11) is 0. The Kier molecular flexibility index (Phi) is 5.47. The first-order chi connectivity index (χ1) is 13.0.